The van der Waals surface area contributed by atoms with E-state index >= 15 is 0 Å². The number of rotatable bonds is 2. The van der Waals surface area contributed by atoms with Crippen molar-refractivity contribution >= 4 is 6.09 Å². The maximum absolute atomic E-state index is 12.1. The Morgan fingerprint density at radius 3 is 2.79 bits per heavy atom. The van der Waals surface area contributed by atoms with Gasteiger partial charge in [-0.25, -0.2) is 4.79 Å². The fourth-order valence-corrected chi connectivity index (χ4v) is 2.54. The zero-order valence-corrected chi connectivity index (χ0v) is 11.9. The highest BCUT2D eigenvalue weighted by Gasteiger charge is 2.43. The lowest BCUT2D eigenvalue weighted by atomic mass is 9.77. The number of nitrogens with zero attached hydrogens (tertiary/aromatic N) is 2. The van der Waals surface area contributed by atoms with Crippen LogP contribution in [0, 0.1) is 16.7 Å². The van der Waals surface area contributed by atoms with E-state index in [2.05, 4.69) is 6.07 Å². The maximum atomic E-state index is 12.1. The molecular formula is C14H22N2O3. The van der Waals surface area contributed by atoms with Crippen LogP contribution in [0.5, 0.6) is 0 Å². The van der Waals surface area contributed by atoms with Crippen molar-refractivity contribution in [3.05, 3.63) is 0 Å². The summed E-state index contributed by atoms with van der Waals surface area (Å²) in [6, 6.07) is 2.41. The van der Waals surface area contributed by atoms with Gasteiger partial charge in [0, 0.05) is 13.1 Å². The molecular weight excluding hydrogens is 244 g/mol. The number of epoxide rings is 1. The number of hydrogen-bond acceptors (Lipinski definition) is 4. The second kappa shape index (κ2) is 5.01. The first-order valence-corrected chi connectivity index (χ1v) is 6.84. The third kappa shape index (κ3) is 3.84. The second-order valence-electron chi connectivity index (χ2n) is 6.56. The standard InChI is InChI=1S/C14H22N2O3/c1-13(2,3)19-12(17)16-6-4-5-14(9-15,10-16)7-11-8-18-11/h11H,4-8,10H2,1-3H3. The molecule has 5 heteroatoms. The Morgan fingerprint density at radius 1 is 1.58 bits per heavy atom. The number of nitriles is 1. The van der Waals surface area contributed by atoms with Gasteiger partial charge in [-0.3, -0.25) is 0 Å². The lowest BCUT2D eigenvalue weighted by Crippen LogP contribution is -2.47. The molecule has 2 rings (SSSR count). The quantitative estimate of drug-likeness (QED) is 0.719. The van der Waals surface area contributed by atoms with E-state index < -0.39 is 11.0 Å². The molecule has 0 saturated carbocycles. The number of amides is 1. The molecule has 0 spiro atoms. The van der Waals surface area contributed by atoms with Gasteiger partial charge in [-0.15, -0.1) is 0 Å². The molecule has 2 aliphatic heterocycles. The molecule has 2 aliphatic rings. The molecule has 106 valence electrons. The number of likely N-dealkylation sites (tertiary alicyclic amines) is 1. The molecule has 2 heterocycles. The molecule has 5 nitrogen and oxygen atoms in total. The molecule has 2 atom stereocenters. The highest BCUT2D eigenvalue weighted by Crippen LogP contribution is 2.37. The van der Waals surface area contributed by atoms with Crippen LogP contribution >= 0.6 is 0 Å². The van der Waals surface area contributed by atoms with Crippen LogP contribution in [0.25, 0.3) is 0 Å². The first-order valence-electron chi connectivity index (χ1n) is 6.84. The van der Waals surface area contributed by atoms with E-state index in [1.807, 2.05) is 20.8 Å². The van der Waals surface area contributed by atoms with Crippen molar-refractivity contribution < 1.29 is 14.3 Å². The summed E-state index contributed by atoms with van der Waals surface area (Å²) in [7, 11) is 0. The van der Waals surface area contributed by atoms with Crippen molar-refractivity contribution in [2.45, 2.75) is 51.7 Å². The van der Waals surface area contributed by atoms with Crippen LogP contribution < -0.4 is 0 Å². The fraction of sp³-hybridized carbons (Fsp3) is 0.857. The van der Waals surface area contributed by atoms with E-state index in [9.17, 15) is 10.1 Å². The zero-order chi connectivity index (χ0) is 14.1. The van der Waals surface area contributed by atoms with Crippen LogP contribution in [-0.4, -0.2) is 42.4 Å². The SMILES string of the molecule is CC(C)(C)OC(=O)N1CCCC(C#N)(CC2CO2)C1. The van der Waals surface area contributed by atoms with E-state index in [1.165, 1.54) is 0 Å². The molecule has 0 bridgehead atoms. The van der Waals surface area contributed by atoms with E-state index in [4.69, 9.17) is 9.47 Å². The Labute approximate surface area is 114 Å². The molecule has 2 saturated heterocycles. The monoisotopic (exact) mass is 266 g/mol. The highest BCUT2D eigenvalue weighted by atomic mass is 16.6. The minimum atomic E-state index is -0.497. The second-order valence-corrected chi connectivity index (χ2v) is 6.56. The fourth-order valence-electron chi connectivity index (χ4n) is 2.54. The average molecular weight is 266 g/mol. The molecule has 0 aliphatic carbocycles. The number of hydrogen-bond donors (Lipinski definition) is 0. The van der Waals surface area contributed by atoms with Crippen LogP contribution in [-0.2, 0) is 9.47 Å². The minimum absolute atomic E-state index is 0.207. The van der Waals surface area contributed by atoms with Crippen LogP contribution in [0.1, 0.15) is 40.0 Å². The molecule has 19 heavy (non-hydrogen) atoms. The molecule has 0 aromatic carbocycles. The van der Waals surface area contributed by atoms with Gasteiger partial charge in [0.15, 0.2) is 0 Å². The zero-order valence-electron chi connectivity index (χ0n) is 11.9. The third-order valence-corrected chi connectivity index (χ3v) is 3.49. The summed E-state index contributed by atoms with van der Waals surface area (Å²) in [6.45, 7) is 7.43. The highest BCUT2D eigenvalue weighted by molar-refractivity contribution is 5.68. The summed E-state index contributed by atoms with van der Waals surface area (Å²) >= 11 is 0. The molecule has 2 unspecified atom stereocenters. The van der Waals surface area contributed by atoms with E-state index in [-0.39, 0.29) is 12.2 Å². The van der Waals surface area contributed by atoms with E-state index in [0.717, 1.165) is 25.9 Å². The number of carbonyl (C=O) groups excluding carboxylic acids is 1. The number of piperidine rings is 1. The van der Waals surface area contributed by atoms with Gasteiger partial charge < -0.3 is 14.4 Å². The molecule has 0 aromatic heterocycles. The molecule has 0 aromatic rings. The smallest absolute Gasteiger partial charge is 0.410 e. The largest absolute Gasteiger partial charge is 0.444 e. The van der Waals surface area contributed by atoms with Gasteiger partial charge in [0.1, 0.15) is 5.60 Å². The summed E-state index contributed by atoms with van der Waals surface area (Å²) in [5.41, 5.74) is -0.959. The normalized spacial score (nSPS) is 30.6. The minimum Gasteiger partial charge on any atom is -0.444 e. The van der Waals surface area contributed by atoms with Crippen molar-refractivity contribution in [3.63, 3.8) is 0 Å². The van der Waals surface area contributed by atoms with Crippen LogP contribution in [0.2, 0.25) is 0 Å². The van der Waals surface area contributed by atoms with E-state index in [0.29, 0.717) is 13.1 Å². The molecule has 1 amide bonds. The molecule has 0 radical (unpaired) electrons. The van der Waals surface area contributed by atoms with Crippen molar-refractivity contribution in [1.82, 2.24) is 4.90 Å². The Balaban J connectivity index is 1.99. The Morgan fingerprint density at radius 2 is 2.26 bits per heavy atom. The van der Waals surface area contributed by atoms with Gasteiger partial charge in [0.25, 0.3) is 0 Å². The van der Waals surface area contributed by atoms with Gasteiger partial charge in [-0.1, -0.05) is 0 Å². The summed E-state index contributed by atoms with van der Waals surface area (Å²) in [6.07, 6.45) is 2.30. The molecule has 2 fully saturated rings. The topological polar surface area (TPSA) is 65.9 Å². The van der Waals surface area contributed by atoms with Crippen LogP contribution in [0.4, 0.5) is 4.79 Å². The van der Waals surface area contributed by atoms with Gasteiger partial charge in [-0.05, 0) is 40.0 Å². The van der Waals surface area contributed by atoms with Crippen LogP contribution in [0.3, 0.4) is 0 Å². The van der Waals surface area contributed by atoms with Crippen LogP contribution in [0.15, 0.2) is 0 Å². The molecule has 0 N–H and O–H groups in total. The van der Waals surface area contributed by atoms with E-state index in [1.54, 1.807) is 4.90 Å². The lowest BCUT2D eigenvalue weighted by molar-refractivity contribution is 0.00952. The van der Waals surface area contributed by atoms with Crippen molar-refractivity contribution in [1.29, 1.82) is 5.26 Å². The average Bonchev–Trinajstić information content (AvgIpc) is 3.11. The predicted molar refractivity (Wildman–Crippen MR) is 69.4 cm³/mol. The maximum Gasteiger partial charge on any atom is 0.410 e. The first-order chi connectivity index (χ1) is 8.84. The summed E-state index contributed by atoms with van der Waals surface area (Å²) in [5, 5.41) is 9.47. The number of ether oxygens (including phenoxy) is 2. The summed E-state index contributed by atoms with van der Waals surface area (Å²) < 4.78 is 10.6. The summed E-state index contributed by atoms with van der Waals surface area (Å²) in [4.78, 5) is 13.7. The van der Waals surface area contributed by atoms with Crippen molar-refractivity contribution in [3.8, 4) is 6.07 Å². The Bertz CT molecular complexity index is 392. The Kier molecular flexibility index (Phi) is 3.73. The Hall–Kier alpha value is -1.28. The first kappa shape index (κ1) is 14.1. The van der Waals surface area contributed by atoms with Gasteiger partial charge >= 0.3 is 6.09 Å². The summed E-state index contributed by atoms with van der Waals surface area (Å²) in [5.74, 6) is 0. The van der Waals surface area contributed by atoms with Crippen molar-refractivity contribution in [2.75, 3.05) is 19.7 Å². The number of carbonyl (C=O) groups is 1. The van der Waals surface area contributed by atoms with Gasteiger partial charge in [0.05, 0.1) is 24.2 Å². The lowest BCUT2D eigenvalue weighted by Gasteiger charge is -2.38. The van der Waals surface area contributed by atoms with Crippen molar-refractivity contribution in [2.24, 2.45) is 5.41 Å². The predicted octanol–water partition coefficient (Wildman–Crippen LogP) is 2.32. The van der Waals surface area contributed by atoms with Gasteiger partial charge in [-0.2, -0.15) is 5.26 Å². The van der Waals surface area contributed by atoms with Gasteiger partial charge in [0.2, 0.25) is 0 Å². The third-order valence-electron chi connectivity index (χ3n) is 3.49.